The molecule has 19 heavy (non-hydrogen) atoms. The van der Waals surface area contributed by atoms with E-state index in [0.717, 1.165) is 6.07 Å². The number of hydrogen-bond donors (Lipinski definition) is 1. The monoisotopic (exact) mass is 280 g/mol. The largest absolute Gasteiger partial charge is 0.330 e. The van der Waals surface area contributed by atoms with Gasteiger partial charge in [0.15, 0.2) is 16.4 Å². The van der Waals surface area contributed by atoms with E-state index in [1.54, 1.807) is 0 Å². The zero-order valence-corrected chi connectivity index (χ0v) is 10.3. The molecule has 3 rings (SSSR count). The highest BCUT2D eigenvalue weighted by atomic mass is 32.1. The summed E-state index contributed by atoms with van der Waals surface area (Å²) in [7, 11) is 0. The summed E-state index contributed by atoms with van der Waals surface area (Å²) in [6, 6.07) is 7.79. The maximum atomic E-state index is 13.9. The Morgan fingerprint density at radius 1 is 0.947 bits per heavy atom. The molecular formula is C13H7F3N2S. The number of imidazole rings is 1. The first-order valence-electron chi connectivity index (χ1n) is 5.42. The molecular weight excluding hydrogens is 273 g/mol. The molecule has 1 heterocycles. The van der Waals surface area contributed by atoms with E-state index >= 15 is 0 Å². The van der Waals surface area contributed by atoms with Crippen LogP contribution in [0.4, 0.5) is 13.2 Å². The van der Waals surface area contributed by atoms with Crippen LogP contribution in [-0.4, -0.2) is 9.55 Å². The lowest BCUT2D eigenvalue weighted by Crippen LogP contribution is -1.97. The fraction of sp³-hybridized carbons (Fsp3) is 0. The number of aromatic nitrogens is 2. The fourth-order valence-electron chi connectivity index (χ4n) is 1.97. The Morgan fingerprint density at radius 2 is 1.63 bits per heavy atom. The van der Waals surface area contributed by atoms with Gasteiger partial charge >= 0.3 is 0 Å². The molecule has 0 fully saturated rings. The van der Waals surface area contributed by atoms with Gasteiger partial charge in [-0.15, -0.1) is 0 Å². The molecule has 2 nitrogen and oxygen atoms in total. The molecule has 0 saturated heterocycles. The summed E-state index contributed by atoms with van der Waals surface area (Å²) in [6.45, 7) is 0. The van der Waals surface area contributed by atoms with Gasteiger partial charge in [-0.2, -0.15) is 0 Å². The van der Waals surface area contributed by atoms with Crippen molar-refractivity contribution in [3.63, 3.8) is 0 Å². The average Bonchev–Trinajstić information content (AvgIpc) is 2.72. The van der Waals surface area contributed by atoms with Crippen molar-refractivity contribution in [1.82, 2.24) is 9.55 Å². The second-order valence-electron chi connectivity index (χ2n) is 4.00. The zero-order valence-electron chi connectivity index (χ0n) is 9.45. The summed E-state index contributed by atoms with van der Waals surface area (Å²) in [6.07, 6.45) is 0. The summed E-state index contributed by atoms with van der Waals surface area (Å²) < 4.78 is 41.7. The SMILES string of the molecule is Fc1ccc(-n2c(=S)[nH]c3ccc(F)c(F)c32)cc1. The Balaban J connectivity index is 2.40. The molecule has 1 N–H and O–H groups in total. The summed E-state index contributed by atoms with van der Waals surface area (Å²) >= 11 is 5.10. The van der Waals surface area contributed by atoms with Crippen molar-refractivity contribution >= 4 is 23.3 Å². The number of benzene rings is 2. The third-order valence-corrected chi connectivity index (χ3v) is 3.11. The normalized spacial score (nSPS) is 11.1. The molecule has 6 heteroatoms. The van der Waals surface area contributed by atoms with E-state index in [9.17, 15) is 13.2 Å². The summed E-state index contributed by atoms with van der Waals surface area (Å²) in [5.74, 6) is -2.37. The van der Waals surface area contributed by atoms with Gasteiger partial charge in [0.05, 0.1) is 5.52 Å². The molecule has 0 bridgehead atoms. The minimum atomic E-state index is -0.992. The number of rotatable bonds is 1. The minimum absolute atomic E-state index is 0.0107. The van der Waals surface area contributed by atoms with Crippen molar-refractivity contribution in [3.8, 4) is 5.69 Å². The lowest BCUT2D eigenvalue weighted by atomic mass is 10.2. The Labute approximate surface area is 111 Å². The van der Waals surface area contributed by atoms with Crippen LogP contribution in [0.15, 0.2) is 36.4 Å². The van der Waals surface area contributed by atoms with E-state index < -0.39 is 17.5 Å². The van der Waals surface area contributed by atoms with Gasteiger partial charge in [0.1, 0.15) is 11.3 Å². The lowest BCUT2D eigenvalue weighted by molar-refractivity contribution is 0.514. The third kappa shape index (κ3) is 1.84. The van der Waals surface area contributed by atoms with E-state index in [1.807, 2.05) is 0 Å². The molecule has 1 aromatic heterocycles. The average molecular weight is 280 g/mol. The van der Waals surface area contributed by atoms with Crippen LogP contribution < -0.4 is 0 Å². The lowest BCUT2D eigenvalue weighted by Gasteiger charge is -2.05. The second kappa shape index (κ2) is 4.24. The summed E-state index contributed by atoms with van der Waals surface area (Å²) in [5.41, 5.74) is 0.854. The predicted octanol–water partition coefficient (Wildman–Crippen LogP) is 4.11. The zero-order chi connectivity index (χ0) is 13.6. The molecule has 0 aliphatic heterocycles. The van der Waals surface area contributed by atoms with Crippen molar-refractivity contribution in [2.45, 2.75) is 0 Å². The van der Waals surface area contributed by atoms with Crippen molar-refractivity contribution in [2.75, 3.05) is 0 Å². The first kappa shape index (κ1) is 12.0. The van der Waals surface area contributed by atoms with Crippen LogP contribution in [0.5, 0.6) is 0 Å². The molecule has 0 spiro atoms. The van der Waals surface area contributed by atoms with Crippen LogP contribution in [0.2, 0.25) is 0 Å². The Morgan fingerprint density at radius 3 is 2.32 bits per heavy atom. The van der Waals surface area contributed by atoms with Crippen molar-refractivity contribution < 1.29 is 13.2 Å². The van der Waals surface area contributed by atoms with Crippen LogP contribution in [0.1, 0.15) is 0 Å². The van der Waals surface area contributed by atoms with Gasteiger partial charge in [0.25, 0.3) is 0 Å². The Hall–Kier alpha value is -2.08. The van der Waals surface area contributed by atoms with E-state index in [4.69, 9.17) is 12.2 Å². The molecule has 0 atom stereocenters. The first-order chi connectivity index (χ1) is 9.08. The molecule has 0 aliphatic rings. The number of nitrogens with one attached hydrogen (secondary N) is 1. The van der Waals surface area contributed by atoms with Crippen LogP contribution in [0.25, 0.3) is 16.7 Å². The van der Waals surface area contributed by atoms with E-state index in [1.165, 1.54) is 34.9 Å². The highest BCUT2D eigenvalue weighted by Crippen LogP contribution is 2.24. The Bertz CT molecular complexity index is 818. The fourth-order valence-corrected chi connectivity index (χ4v) is 2.28. The van der Waals surface area contributed by atoms with Gasteiger partial charge in [-0.3, -0.25) is 4.57 Å². The maximum Gasteiger partial charge on any atom is 0.184 e. The smallest absolute Gasteiger partial charge is 0.184 e. The third-order valence-electron chi connectivity index (χ3n) is 2.82. The number of fused-ring (bicyclic) bond motifs is 1. The first-order valence-corrected chi connectivity index (χ1v) is 5.83. The standard InChI is InChI=1S/C13H7F3N2S/c14-7-1-3-8(4-2-7)18-12-10(17-13(18)19)6-5-9(15)11(12)16/h1-6H,(H,17,19). The molecule has 2 aromatic carbocycles. The van der Waals surface area contributed by atoms with Gasteiger partial charge < -0.3 is 4.98 Å². The van der Waals surface area contributed by atoms with Gasteiger partial charge in [-0.05, 0) is 48.6 Å². The van der Waals surface area contributed by atoms with Crippen LogP contribution in [-0.2, 0) is 0 Å². The van der Waals surface area contributed by atoms with E-state index in [0.29, 0.717) is 11.2 Å². The second-order valence-corrected chi connectivity index (χ2v) is 4.39. The minimum Gasteiger partial charge on any atom is -0.330 e. The van der Waals surface area contributed by atoms with Crippen molar-refractivity contribution in [2.24, 2.45) is 0 Å². The molecule has 0 saturated carbocycles. The number of nitrogens with zero attached hydrogens (tertiary/aromatic N) is 1. The molecule has 0 amide bonds. The highest BCUT2D eigenvalue weighted by molar-refractivity contribution is 7.71. The highest BCUT2D eigenvalue weighted by Gasteiger charge is 2.14. The molecule has 0 radical (unpaired) electrons. The van der Waals surface area contributed by atoms with E-state index in [-0.39, 0.29) is 10.3 Å². The van der Waals surface area contributed by atoms with Crippen molar-refractivity contribution in [3.05, 3.63) is 58.6 Å². The molecule has 0 unspecified atom stereocenters. The van der Waals surface area contributed by atoms with Crippen LogP contribution >= 0.6 is 12.2 Å². The quantitative estimate of drug-likeness (QED) is 0.665. The van der Waals surface area contributed by atoms with Gasteiger partial charge in [-0.25, -0.2) is 13.2 Å². The Kier molecular flexibility index (Phi) is 2.67. The number of H-pyrrole nitrogens is 1. The molecule has 0 aliphatic carbocycles. The van der Waals surface area contributed by atoms with Crippen LogP contribution in [0, 0.1) is 22.2 Å². The summed E-state index contributed by atoms with van der Waals surface area (Å²) in [4.78, 5) is 2.79. The predicted molar refractivity (Wildman–Crippen MR) is 68.3 cm³/mol. The molecule has 96 valence electrons. The van der Waals surface area contributed by atoms with Crippen LogP contribution in [0.3, 0.4) is 0 Å². The molecule has 3 aromatic rings. The number of aromatic amines is 1. The maximum absolute atomic E-state index is 13.9. The van der Waals surface area contributed by atoms with Gasteiger partial charge in [-0.1, -0.05) is 0 Å². The van der Waals surface area contributed by atoms with Gasteiger partial charge in [0.2, 0.25) is 0 Å². The number of hydrogen-bond acceptors (Lipinski definition) is 1. The summed E-state index contributed by atoms with van der Waals surface area (Å²) in [5, 5.41) is 0. The van der Waals surface area contributed by atoms with Gasteiger partial charge in [0, 0.05) is 5.69 Å². The number of halogens is 3. The van der Waals surface area contributed by atoms with E-state index in [2.05, 4.69) is 4.98 Å². The topological polar surface area (TPSA) is 20.7 Å². The van der Waals surface area contributed by atoms with Crippen molar-refractivity contribution in [1.29, 1.82) is 0 Å².